The summed E-state index contributed by atoms with van der Waals surface area (Å²) in [6.07, 6.45) is 8.30. The van der Waals surface area contributed by atoms with Crippen LogP contribution in [0.3, 0.4) is 0 Å². The minimum Gasteiger partial charge on any atom is -0.392 e. The van der Waals surface area contributed by atoms with Crippen LogP contribution in [0.1, 0.15) is 37.7 Å². The van der Waals surface area contributed by atoms with Gasteiger partial charge in [0.25, 0.3) is 0 Å². The number of fused-ring (bicyclic) bond motifs is 1. The van der Waals surface area contributed by atoms with Crippen molar-refractivity contribution < 1.29 is 5.11 Å². The van der Waals surface area contributed by atoms with Gasteiger partial charge in [-0.25, -0.2) is 4.98 Å². The molecular formula is C14H19ClN2O. The maximum Gasteiger partial charge on any atom is 0.129 e. The molecule has 1 aliphatic heterocycles. The molecule has 1 aromatic rings. The highest BCUT2D eigenvalue weighted by atomic mass is 35.5. The van der Waals surface area contributed by atoms with E-state index in [0.29, 0.717) is 11.1 Å². The molecule has 98 valence electrons. The summed E-state index contributed by atoms with van der Waals surface area (Å²) in [7, 11) is 0. The second-order valence-electron chi connectivity index (χ2n) is 5.39. The van der Waals surface area contributed by atoms with E-state index in [4.69, 9.17) is 11.6 Å². The molecule has 2 atom stereocenters. The fraction of sp³-hybridized carbons (Fsp3) is 0.643. The third-order valence-electron chi connectivity index (χ3n) is 4.39. The zero-order valence-corrected chi connectivity index (χ0v) is 11.2. The van der Waals surface area contributed by atoms with Crippen LogP contribution in [-0.4, -0.2) is 22.7 Å². The Labute approximate surface area is 113 Å². The van der Waals surface area contributed by atoms with E-state index in [2.05, 4.69) is 9.88 Å². The summed E-state index contributed by atoms with van der Waals surface area (Å²) in [6, 6.07) is 2.60. The van der Waals surface area contributed by atoms with Gasteiger partial charge in [-0.15, -0.1) is 0 Å². The molecule has 4 heteroatoms. The van der Waals surface area contributed by atoms with Gasteiger partial charge in [0.1, 0.15) is 5.82 Å². The Morgan fingerprint density at radius 2 is 2.17 bits per heavy atom. The molecule has 0 spiro atoms. The van der Waals surface area contributed by atoms with Crippen molar-refractivity contribution in [1.29, 1.82) is 0 Å². The smallest absolute Gasteiger partial charge is 0.129 e. The average Bonchev–Trinajstić information content (AvgIpc) is 2.83. The number of pyridine rings is 1. The van der Waals surface area contributed by atoms with Gasteiger partial charge in [-0.2, -0.15) is 0 Å². The summed E-state index contributed by atoms with van der Waals surface area (Å²) in [5.74, 6) is 1.83. The normalized spacial score (nSPS) is 27.3. The van der Waals surface area contributed by atoms with Gasteiger partial charge in [-0.1, -0.05) is 24.4 Å². The van der Waals surface area contributed by atoms with Gasteiger partial charge in [0.15, 0.2) is 0 Å². The van der Waals surface area contributed by atoms with Crippen LogP contribution in [0.25, 0.3) is 0 Å². The Bertz CT molecular complexity index is 438. The van der Waals surface area contributed by atoms with Crippen molar-refractivity contribution >= 4 is 17.4 Å². The second kappa shape index (κ2) is 5.06. The van der Waals surface area contributed by atoms with E-state index in [9.17, 15) is 5.11 Å². The first kappa shape index (κ1) is 12.2. The van der Waals surface area contributed by atoms with E-state index in [0.717, 1.165) is 23.8 Å². The highest BCUT2D eigenvalue weighted by Gasteiger charge is 2.36. The Morgan fingerprint density at radius 3 is 3.00 bits per heavy atom. The molecule has 1 saturated carbocycles. The van der Waals surface area contributed by atoms with Gasteiger partial charge in [-0.3, -0.25) is 0 Å². The minimum absolute atomic E-state index is 0.0176. The van der Waals surface area contributed by atoms with E-state index < -0.39 is 0 Å². The van der Waals surface area contributed by atoms with Crippen LogP contribution in [0, 0.1) is 5.92 Å². The number of nitrogens with zero attached hydrogens (tertiary/aromatic N) is 2. The third-order valence-corrected chi connectivity index (χ3v) is 4.74. The number of aliphatic hydroxyl groups is 1. The summed E-state index contributed by atoms with van der Waals surface area (Å²) in [6.45, 7) is 1.07. The van der Waals surface area contributed by atoms with Gasteiger partial charge in [0.2, 0.25) is 0 Å². The summed E-state index contributed by atoms with van der Waals surface area (Å²) in [4.78, 5) is 6.86. The van der Waals surface area contributed by atoms with E-state index in [-0.39, 0.29) is 6.61 Å². The van der Waals surface area contributed by atoms with E-state index in [1.54, 1.807) is 6.20 Å². The molecule has 0 amide bonds. The van der Waals surface area contributed by atoms with Crippen molar-refractivity contribution in [2.45, 2.75) is 44.8 Å². The monoisotopic (exact) mass is 266 g/mol. The number of rotatable bonds is 2. The maximum absolute atomic E-state index is 9.29. The molecule has 2 aliphatic rings. The summed E-state index contributed by atoms with van der Waals surface area (Å²) in [5, 5.41) is 9.84. The quantitative estimate of drug-likeness (QED) is 0.894. The molecule has 1 saturated heterocycles. The Balaban J connectivity index is 1.86. The third kappa shape index (κ3) is 2.10. The first-order valence-electron chi connectivity index (χ1n) is 6.81. The largest absolute Gasteiger partial charge is 0.392 e. The lowest BCUT2D eigenvalue weighted by Crippen LogP contribution is -2.35. The molecule has 0 aromatic carbocycles. The van der Waals surface area contributed by atoms with Crippen LogP contribution in [0.2, 0.25) is 5.02 Å². The van der Waals surface area contributed by atoms with Gasteiger partial charge < -0.3 is 10.0 Å². The summed E-state index contributed by atoms with van der Waals surface area (Å²) < 4.78 is 0. The van der Waals surface area contributed by atoms with Gasteiger partial charge >= 0.3 is 0 Å². The molecule has 3 rings (SSSR count). The van der Waals surface area contributed by atoms with Crippen LogP contribution < -0.4 is 4.90 Å². The van der Waals surface area contributed by atoms with Crippen LogP contribution in [0.15, 0.2) is 12.3 Å². The number of hydrogen-bond donors (Lipinski definition) is 1. The lowest BCUT2D eigenvalue weighted by atomic mass is 9.85. The van der Waals surface area contributed by atoms with Crippen molar-refractivity contribution in [3.8, 4) is 0 Å². The van der Waals surface area contributed by atoms with Crippen molar-refractivity contribution in [3.63, 3.8) is 0 Å². The molecule has 1 aromatic heterocycles. The number of aromatic nitrogens is 1. The van der Waals surface area contributed by atoms with E-state index in [1.165, 1.54) is 32.1 Å². The summed E-state index contributed by atoms with van der Waals surface area (Å²) >= 11 is 6.00. The molecule has 0 bridgehead atoms. The number of hydrogen-bond acceptors (Lipinski definition) is 3. The molecule has 18 heavy (non-hydrogen) atoms. The van der Waals surface area contributed by atoms with Gasteiger partial charge in [0, 0.05) is 24.3 Å². The second-order valence-corrected chi connectivity index (χ2v) is 5.79. The fourth-order valence-electron chi connectivity index (χ4n) is 3.44. The van der Waals surface area contributed by atoms with Crippen molar-refractivity contribution in [1.82, 2.24) is 4.98 Å². The van der Waals surface area contributed by atoms with Crippen LogP contribution >= 0.6 is 11.6 Å². The van der Waals surface area contributed by atoms with Gasteiger partial charge in [-0.05, 0) is 31.2 Å². The van der Waals surface area contributed by atoms with Crippen LogP contribution in [0.4, 0.5) is 5.82 Å². The van der Waals surface area contributed by atoms with Crippen molar-refractivity contribution in [2.24, 2.45) is 5.92 Å². The fourth-order valence-corrected chi connectivity index (χ4v) is 3.60. The molecular weight excluding hydrogens is 248 g/mol. The average molecular weight is 267 g/mol. The van der Waals surface area contributed by atoms with Crippen LogP contribution in [0.5, 0.6) is 0 Å². The Kier molecular flexibility index (Phi) is 3.44. The van der Waals surface area contributed by atoms with Crippen molar-refractivity contribution in [2.75, 3.05) is 11.4 Å². The Morgan fingerprint density at radius 1 is 1.33 bits per heavy atom. The highest BCUT2D eigenvalue weighted by molar-refractivity contribution is 6.31. The zero-order chi connectivity index (χ0) is 12.5. The molecule has 1 aliphatic carbocycles. The number of halogens is 1. The Hall–Kier alpha value is -0.800. The first-order chi connectivity index (χ1) is 8.79. The molecule has 1 N–H and O–H groups in total. The molecule has 3 nitrogen and oxygen atoms in total. The number of aliphatic hydroxyl groups excluding tert-OH is 1. The maximum atomic E-state index is 9.29. The predicted molar refractivity (Wildman–Crippen MR) is 72.9 cm³/mol. The van der Waals surface area contributed by atoms with E-state index >= 15 is 0 Å². The summed E-state index contributed by atoms with van der Waals surface area (Å²) in [5.41, 5.74) is 0.779. The number of anilines is 1. The van der Waals surface area contributed by atoms with Gasteiger partial charge in [0.05, 0.1) is 11.6 Å². The lowest BCUT2D eigenvalue weighted by Gasteiger charge is -2.32. The zero-order valence-electron chi connectivity index (χ0n) is 10.5. The van der Waals surface area contributed by atoms with E-state index in [1.807, 2.05) is 6.07 Å². The lowest BCUT2D eigenvalue weighted by molar-refractivity contribution is 0.281. The molecule has 0 radical (unpaired) electrons. The SMILES string of the molecule is OCc1cc(N2CCC3CCCCC32)ncc1Cl. The molecule has 2 heterocycles. The predicted octanol–water partition coefficient (Wildman–Crippen LogP) is 3.00. The standard InChI is InChI=1S/C14H19ClN2O/c15-12-8-16-14(7-11(12)9-18)17-6-5-10-3-1-2-4-13(10)17/h7-8,10,13,18H,1-6,9H2. The molecule has 2 fully saturated rings. The first-order valence-corrected chi connectivity index (χ1v) is 7.19. The van der Waals surface area contributed by atoms with Crippen molar-refractivity contribution in [3.05, 3.63) is 22.8 Å². The van der Waals surface area contributed by atoms with Crippen LogP contribution in [-0.2, 0) is 6.61 Å². The minimum atomic E-state index is -0.0176. The highest BCUT2D eigenvalue weighted by Crippen LogP contribution is 2.38. The molecule has 2 unspecified atom stereocenters. The topological polar surface area (TPSA) is 36.4 Å².